The van der Waals surface area contributed by atoms with Crippen molar-refractivity contribution in [2.45, 2.75) is 40.1 Å². The highest BCUT2D eigenvalue weighted by molar-refractivity contribution is 5.73. The molecule has 10 heavy (non-hydrogen) atoms. The van der Waals surface area contributed by atoms with Gasteiger partial charge in [0.15, 0.2) is 1.41 Å². The summed E-state index contributed by atoms with van der Waals surface area (Å²) >= 11 is 0. The summed E-state index contributed by atoms with van der Waals surface area (Å²) in [6.07, 6.45) is -1.92. The van der Waals surface area contributed by atoms with Crippen LogP contribution in [0.1, 0.15) is 38.2 Å². The predicted octanol–water partition coefficient (Wildman–Crippen LogP) is 1.56. The van der Waals surface area contributed by atoms with Crippen LogP contribution in [-0.4, -0.2) is 11.9 Å². The van der Waals surface area contributed by atoms with Crippen LogP contribution in [0.5, 0.6) is 0 Å². The molecule has 1 unspecified atom stereocenters. The maximum absolute atomic E-state index is 10.9. The highest BCUT2D eigenvalue weighted by atomic mass is 16.1. The van der Waals surface area contributed by atoms with Gasteiger partial charge in [-0.15, -0.1) is 0 Å². The minimum absolute atomic E-state index is 0.382. The third kappa shape index (κ3) is 5.60. The topological polar surface area (TPSA) is 29.1 Å². The summed E-state index contributed by atoms with van der Waals surface area (Å²) in [6.45, 7) is 5.64. The Morgan fingerprint density at radius 1 is 1.80 bits per heavy atom. The Bertz CT molecular complexity index is 227. The molecule has 0 aromatic carbocycles. The maximum atomic E-state index is 10.9. The van der Waals surface area contributed by atoms with E-state index in [-0.39, 0.29) is 0 Å². The van der Waals surface area contributed by atoms with Gasteiger partial charge in [0.1, 0.15) is 0 Å². The average molecular weight is 147 g/mol. The maximum Gasteiger partial charge on any atom is 0.217 e. The minimum Gasteiger partial charge on any atom is -0.354 e. The van der Waals surface area contributed by atoms with Crippen LogP contribution in [0.15, 0.2) is 0 Å². The molecule has 0 fully saturated rings. The fourth-order valence-electron chi connectivity index (χ4n) is 0.686. The Morgan fingerprint density at radius 3 is 2.60 bits per heavy atom. The standard InChI is InChI=1S/C8H17NO/c1-6(2)5-7(3)9-8(4)10/h6-7H,5H2,1-4H3,(H,9,10)/i5D2,7D/hD. The summed E-state index contributed by atoms with van der Waals surface area (Å²) in [4.78, 5) is 10.9. The van der Waals surface area contributed by atoms with Crippen molar-refractivity contribution in [3.05, 3.63) is 0 Å². The number of amides is 1. The summed E-state index contributed by atoms with van der Waals surface area (Å²) in [7, 11) is 0. The second-order valence-electron chi connectivity index (χ2n) is 2.52. The van der Waals surface area contributed by atoms with Crippen LogP contribution >= 0.6 is 0 Å². The molecule has 1 amide bonds. The first-order valence-corrected chi connectivity index (χ1v) is 3.34. The number of carbonyl (C=O) groups is 1. The average Bonchev–Trinajstić information content (AvgIpc) is 2.01. The number of hydrogen-bond acceptors (Lipinski definition) is 1. The van der Waals surface area contributed by atoms with Gasteiger partial charge >= 0.3 is 0 Å². The highest BCUT2D eigenvalue weighted by Crippen LogP contribution is 2.02. The first-order valence-electron chi connectivity index (χ1n) is 5.29. The Kier molecular flexibility index (Phi) is 1.88. The van der Waals surface area contributed by atoms with Crippen molar-refractivity contribution in [3.8, 4) is 0 Å². The molecule has 2 heteroatoms. The number of hydrogen-bond donors (Lipinski definition) is 1. The molecule has 0 radical (unpaired) electrons. The monoisotopic (exact) mass is 147 g/mol. The molecule has 0 aliphatic carbocycles. The molecule has 2 nitrogen and oxygen atoms in total. The third-order valence-corrected chi connectivity index (χ3v) is 0.823. The minimum atomic E-state index is -1.92. The van der Waals surface area contributed by atoms with Gasteiger partial charge in [-0.25, -0.2) is 0 Å². The van der Waals surface area contributed by atoms with Gasteiger partial charge in [-0.3, -0.25) is 4.79 Å². The van der Waals surface area contributed by atoms with E-state index in [2.05, 4.69) is 0 Å². The number of carbonyl (C=O) groups excluding carboxylic acids is 1. The Labute approximate surface area is 68.7 Å². The molecular formula is C8H17NO. The molecule has 0 rings (SSSR count). The van der Waals surface area contributed by atoms with E-state index in [9.17, 15) is 4.79 Å². The van der Waals surface area contributed by atoms with Gasteiger partial charge in [0.25, 0.3) is 0 Å². The first-order chi connectivity index (χ1) is 6.05. The largest absolute Gasteiger partial charge is 0.354 e. The van der Waals surface area contributed by atoms with Crippen LogP contribution in [-0.2, 0) is 4.79 Å². The number of nitrogens with one attached hydrogen (secondary N) is 1. The second kappa shape index (κ2) is 4.31. The van der Waals surface area contributed by atoms with Gasteiger partial charge in [0.05, 0.1) is 1.37 Å². The van der Waals surface area contributed by atoms with Gasteiger partial charge in [0.2, 0.25) is 5.91 Å². The molecule has 0 aliphatic heterocycles. The predicted molar refractivity (Wildman–Crippen MR) is 42.7 cm³/mol. The molecule has 1 atom stereocenters. The summed E-state index contributed by atoms with van der Waals surface area (Å²) in [5.74, 6) is -1.07. The van der Waals surface area contributed by atoms with Crippen LogP contribution in [0, 0.1) is 5.92 Å². The summed E-state index contributed by atoms with van der Waals surface area (Å²) in [5.41, 5.74) is 0. The van der Waals surface area contributed by atoms with Gasteiger partial charge in [0, 0.05) is 15.7 Å². The lowest BCUT2D eigenvalue weighted by atomic mass is 10.1. The van der Waals surface area contributed by atoms with Gasteiger partial charge < -0.3 is 5.31 Å². The fraction of sp³-hybridized carbons (Fsp3) is 0.875. The summed E-state index contributed by atoms with van der Waals surface area (Å²) in [5, 5.41) is 0.382. The molecule has 0 spiro atoms. The molecule has 0 heterocycles. The molecular weight excluding hydrogens is 126 g/mol. The quantitative estimate of drug-likeness (QED) is 0.645. The molecule has 0 bridgehead atoms. The fourth-order valence-corrected chi connectivity index (χ4v) is 0.686. The molecule has 0 aliphatic rings. The van der Waals surface area contributed by atoms with E-state index in [1.165, 1.54) is 6.92 Å². The van der Waals surface area contributed by atoms with E-state index in [4.69, 9.17) is 5.52 Å². The lowest BCUT2D eigenvalue weighted by Gasteiger charge is -2.13. The highest BCUT2D eigenvalue weighted by Gasteiger charge is 2.04. The lowest BCUT2D eigenvalue weighted by Crippen LogP contribution is -2.31. The molecule has 0 saturated heterocycles. The van der Waals surface area contributed by atoms with E-state index in [1.807, 2.05) is 0 Å². The van der Waals surface area contributed by atoms with Crippen molar-refractivity contribution in [3.63, 3.8) is 0 Å². The molecule has 0 saturated carbocycles. The summed E-state index contributed by atoms with van der Waals surface area (Å²) in [6, 6.07) is -1.87. The Balaban J connectivity index is 5.03. The van der Waals surface area contributed by atoms with E-state index in [0.29, 0.717) is 5.31 Å². The zero-order valence-electron chi connectivity index (χ0n) is 10.9. The van der Waals surface area contributed by atoms with Gasteiger partial charge in [-0.2, -0.15) is 0 Å². The Hall–Kier alpha value is -0.530. The van der Waals surface area contributed by atoms with Crippen molar-refractivity contribution in [1.82, 2.24) is 5.31 Å². The molecule has 1 N–H and O–H groups in total. The zero-order valence-corrected chi connectivity index (χ0v) is 6.93. The SMILES string of the molecule is [2H]N(C(C)=O)C([2H])(C)C([2H])([2H])C(C)C. The van der Waals surface area contributed by atoms with Crippen molar-refractivity contribution in [1.29, 1.82) is 0 Å². The van der Waals surface area contributed by atoms with Crippen LogP contribution < -0.4 is 5.31 Å². The van der Waals surface area contributed by atoms with Crippen molar-refractivity contribution in [2.24, 2.45) is 5.92 Å². The molecule has 0 aromatic heterocycles. The van der Waals surface area contributed by atoms with Crippen LogP contribution in [0.2, 0.25) is 1.41 Å². The first kappa shape index (κ1) is 4.37. The van der Waals surface area contributed by atoms with Crippen LogP contribution in [0.25, 0.3) is 0 Å². The zero-order chi connectivity index (χ0) is 11.7. The van der Waals surface area contributed by atoms with Gasteiger partial charge in [-0.05, 0) is 19.2 Å². The summed E-state index contributed by atoms with van der Waals surface area (Å²) < 4.78 is 30.4. The van der Waals surface area contributed by atoms with Crippen molar-refractivity contribution < 1.29 is 10.3 Å². The molecule has 60 valence electrons. The second-order valence-corrected chi connectivity index (χ2v) is 2.52. The van der Waals surface area contributed by atoms with E-state index >= 15 is 0 Å². The van der Waals surface area contributed by atoms with E-state index < -0.39 is 24.2 Å². The molecule has 0 aromatic rings. The van der Waals surface area contributed by atoms with Crippen molar-refractivity contribution >= 4 is 5.91 Å². The normalized spacial score (nSPS) is 23.7. The van der Waals surface area contributed by atoms with Crippen LogP contribution in [0.4, 0.5) is 0 Å². The lowest BCUT2D eigenvalue weighted by molar-refractivity contribution is -0.119. The van der Waals surface area contributed by atoms with Crippen LogP contribution in [0.3, 0.4) is 0 Å². The third-order valence-electron chi connectivity index (χ3n) is 0.823. The van der Waals surface area contributed by atoms with E-state index in [0.717, 1.165) is 6.92 Å². The van der Waals surface area contributed by atoms with Crippen molar-refractivity contribution in [2.75, 3.05) is 0 Å². The Morgan fingerprint density at radius 2 is 2.30 bits per heavy atom. The van der Waals surface area contributed by atoms with E-state index in [1.54, 1.807) is 13.8 Å². The number of rotatable bonds is 3. The van der Waals surface area contributed by atoms with Gasteiger partial charge in [-0.1, -0.05) is 13.8 Å². The smallest absolute Gasteiger partial charge is 0.217 e.